The zero-order valence-electron chi connectivity index (χ0n) is 11.5. The summed E-state index contributed by atoms with van der Waals surface area (Å²) in [6.45, 7) is 2.62. The number of thioether (sulfide) groups is 1. The number of carbonyl (C=O) groups excluding carboxylic acids is 1. The van der Waals surface area contributed by atoms with Gasteiger partial charge in [-0.1, -0.05) is 32.6 Å². The highest BCUT2D eigenvalue weighted by atomic mass is 32.2. The van der Waals surface area contributed by atoms with Crippen LogP contribution >= 0.6 is 11.8 Å². The van der Waals surface area contributed by atoms with E-state index in [2.05, 4.69) is 12.2 Å². The molecule has 1 heterocycles. The van der Waals surface area contributed by atoms with Gasteiger partial charge in [-0.25, -0.2) is 0 Å². The van der Waals surface area contributed by atoms with Gasteiger partial charge in [-0.15, -0.1) is 0 Å². The van der Waals surface area contributed by atoms with Crippen LogP contribution in [-0.4, -0.2) is 34.7 Å². The predicted octanol–water partition coefficient (Wildman–Crippen LogP) is 2.72. The van der Waals surface area contributed by atoms with Crippen molar-refractivity contribution in [2.24, 2.45) is 0 Å². The van der Waals surface area contributed by atoms with Crippen molar-refractivity contribution in [2.45, 2.75) is 63.9 Å². The summed E-state index contributed by atoms with van der Waals surface area (Å²) >= 11 is 1.88. The van der Waals surface area contributed by atoms with Crippen LogP contribution in [0.5, 0.6) is 0 Å². The number of hydrogen-bond acceptors (Lipinski definition) is 3. The summed E-state index contributed by atoms with van der Waals surface area (Å²) in [6, 6.07) is 0. The van der Waals surface area contributed by atoms with Gasteiger partial charge in [0.25, 0.3) is 0 Å². The number of hydrogen-bond donors (Lipinski definition) is 2. The van der Waals surface area contributed by atoms with Gasteiger partial charge in [0.1, 0.15) is 0 Å². The summed E-state index contributed by atoms with van der Waals surface area (Å²) in [4.78, 5) is 11.6. The molecule has 0 bridgehead atoms. The van der Waals surface area contributed by atoms with Crippen molar-refractivity contribution in [3.05, 3.63) is 0 Å². The molecule has 0 atom stereocenters. The van der Waals surface area contributed by atoms with Crippen molar-refractivity contribution >= 4 is 17.7 Å². The lowest BCUT2D eigenvalue weighted by Gasteiger charge is -2.31. The summed E-state index contributed by atoms with van der Waals surface area (Å²) in [7, 11) is 0. The van der Waals surface area contributed by atoms with Crippen LogP contribution in [0.1, 0.15) is 58.3 Å². The molecule has 2 N–H and O–H groups in total. The predicted molar refractivity (Wildman–Crippen MR) is 77.9 cm³/mol. The van der Waals surface area contributed by atoms with Crippen molar-refractivity contribution in [3.8, 4) is 0 Å². The molecule has 1 fully saturated rings. The first-order valence-corrected chi connectivity index (χ1v) is 8.38. The normalized spacial score (nSPS) is 18.6. The maximum atomic E-state index is 11.6. The first-order valence-electron chi connectivity index (χ1n) is 7.23. The molecule has 4 heteroatoms. The molecule has 0 aliphatic carbocycles. The highest BCUT2D eigenvalue weighted by molar-refractivity contribution is 7.99. The lowest BCUT2D eigenvalue weighted by molar-refractivity contribution is -0.122. The second-order valence-corrected chi connectivity index (χ2v) is 6.50. The molecule has 0 radical (unpaired) electrons. The van der Waals surface area contributed by atoms with E-state index in [1.807, 2.05) is 11.8 Å². The Morgan fingerprint density at radius 1 is 1.22 bits per heavy atom. The first-order chi connectivity index (χ1) is 8.66. The lowest BCUT2D eigenvalue weighted by atomic mass is 9.97. The zero-order valence-corrected chi connectivity index (χ0v) is 12.4. The van der Waals surface area contributed by atoms with E-state index in [0.29, 0.717) is 13.0 Å². The quantitative estimate of drug-likeness (QED) is 0.669. The molecule has 1 aliphatic heterocycles. The molecule has 1 saturated heterocycles. The van der Waals surface area contributed by atoms with Crippen molar-refractivity contribution in [2.75, 3.05) is 18.1 Å². The van der Waals surface area contributed by atoms with Gasteiger partial charge >= 0.3 is 0 Å². The standard InChI is InChI=1S/C14H27NO2S/c1-2-3-4-5-6-7-13(16)15-12-14(17)8-10-18-11-9-14/h17H,2-12H2,1H3,(H,15,16). The van der Waals surface area contributed by atoms with Gasteiger partial charge in [-0.3, -0.25) is 4.79 Å². The van der Waals surface area contributed by atoms with Gasteiger partial charge in [0.2, 0.25) is 5.91 Å². The molecular formula is C14H27NO2S. The fourth-order valence-electron chi connectivity index (χ4n) is 2.17. The summed E-state index contributed by atoms with van der Waals surface area (Å²) in [5.74, 6) is 2.10. The fraction of sp³-hybridized carbons (Fsp3) is 0.929. The van der Waals surface area contributed by atoms with E-state index < -0.39 is 5.60 Å². The van der Waals surface area contributed by atoms with E-state index in [1.54, 1.807) is 0 Å². The molecule has 0 unspecified atom stereocenters. The highest BCUT2D eigenvalue weighted by Crippen LogP contribution is 2.26. The van der Waals surface area contributed by atoms with E-state index in [-0.39, 0.29) is 5.91 Å². The van der Waals surface area contributed by atoms with Crippen molar-refractivity contribution in [3.63, 3.8) is 0 Å². The molecular weight excluding hydrogens is 246 g/mol. The van der Waals surface area contributed by atoms with E-state index in [4.69, 9.17) is 0 Å². The number of aliphatic hydroxyl groups is 1. The summed E-state index contributed by atoms with van der Waals surface area (Å²) < 4.78 is 0. The second kappa shape index (κ2) is 8.81. The Morgan fingerprint density at radius 3 is 2.56 bits per heavy atom. The van der Waals surface area contributed by atoms with Crippen LogP contribution < -0.4 is 5.32 Å². The Kier molecular flexibility index (Phi) is 7.75. The number of nitrogens with one attached hydrogen (secondary N) is 1. The van der Waals surface area contributed by atoms with Crippen LogP contribution in [0.15, 0.2) is 0 Å². The summed E-state index contributed by atoms with van der Waals surface area (Å²) in [5, 5.41) is 13.1. The van der Waals surface area contributed by atoms with Crippen LogP contribution in [-0.2, 0) is 4.79 Å². The van der Waals surface area contributed by atoms with Crippen LogP contribution in [0.25, 0.3) is 0 Å². The number of amides is 1. The Bertz CT molecular complexity index is 240. The van der Waals surface area contributed by atoms with Gasteiger partial charge in [-0.2, -0.15) is 11.8 Å². The van der Waals surface area contributed by atoms with Crippen LogP contribution in [0, 0.1) is 0 Å². The molecule has 18 heavy (non-hydrogen) atoms. The summed E-state index contributed by atoms with van der Waals surface area (Å²) in [6.07, 6.45) is 8.04. The smallest absolute Gasteiger partial charge is 0.220 e. The molecule has 1 aliphatic rings. The van der Waals surface area contributed by atoms with E-state index >= 15 is 0 Å². The van der Waals surface area contributed by atoms with Gasteiger partial charge in [0, 0.05) is 13.0 Å². The molecule has 106 valence electrons. The Morgan fingerprint density at radius 2 is 1.89 bits per heavy atom. The molecule has 0 aromatic carbocycles. The molecule has 1 rings (SSSR count). The molecule has 0 aromatic rings. The van der Waals surface area contributed by atoms with Crippen molar-refractivity contribution in [1.29, 1.82) is 0 Å². The molecule has 0 saturated carbocycles. The number of carbonyl (C=O) groups is 1. The SMILES string of the molecule is CCCCCCCC(=O)NCC1(O)CCSCC1. The van der Waals surface area contributed by atoms with Crippen LogP contribution in [0.4, 0.5) is 0 Å². The van der Waals surface area contributed by atoms with Gasteiger partial charge in [-0.05, 0) is 30.8 Å². The second-order valence-electron chi connectivity index (χ2n) is 5.28. The summed E-state index contributed by atoms with van der Waals surface area (Å²) in [5.41, 5.74) is -0.650. The Labute approximate surface area is 115 Å². The van der Waals surface area contributed by atoms with Gasteiger partial charge in [0.05, 0.1) is 5.60 Å². The highest BCUT2D eigenvalue weighted by Gasteiger charge is 2.29. The zero-order chi connectivity index (χ0) is 13.3. The monoisotopic (exact) mass is 273 g/mol. The van der Waals surface area contributed by atoms with E-state index in [1.165, 1.54) is 19.3 Å². The third-order valence-corrected chi connectivity index (χ3v) is 4.53. The average Bonchev–Trinajstić information content (AvgIpc) is 2.37. The van der Waals surface area contributed by atoms with Gasteiger partial charge in [0.15, 0.2) is 0 Å². The number of rotatable bonds is 8. The maximum Gasteiger partial charge on any atom is 0.220 e. The third-order valence-electron chi connectivity index (χ3n) is 3.55. The molecule has 1 amide bonds. The minimum atomic E-state index is -0.650. The Hall–Kier alpha value is -0.220. The van der Waals surface area contributed by atoms with E-state index in [0.717, 1.165) is 37.2 Å². The lowest BCUT2D eigenvalue weighted by Crippen LogP contribution is -2.45. The average molecular weight is 273 g/mol. The topological polar surface area (TPSA) is 49.3 Å². The van der Waals surface area contributed by atoms with Crippen molar-refractivity contribution < 1.29 is 9.90 Å². The fourth-order valence-corrected chi connectivity index (χ4v) is 3.42. The van der Waals surface area contributed by atoms with Crippen LogP contribution in [0.2, 0.25) is 0 Å². The molecule has 3 nitrogen and oxygen atoms in total. The minimum absolute atomic E-state index is 0.0955. The third kappa shape index (κ3) is 6.64. The molecule has 0 aromatic heterocycles. The van der Waals surface area contributed by atoms with Crippen molar-refractivity contribution in [1.82, 2.24) is 5.32 Å². The maximum absolute atomic E-state index is 11.6. The van der Waals surface area contributed by atoms with Gasteiger partial charge < -0.3 is 10.4 Å². The molecule has 0 spiro atoms. The number of unbranched alkanes of at least 4 members (excludes halogenated alkanes) is 4. The first kappa shape index (κ1) is 15.8. The van der Waals surface area contributed by atoms with E-state index in [9.17, 15) is 9.90 Å². The minimum Gasteiger partial charge on any atom is -0.388 e. The van der Waals surface area contributed by atoms with Crippen LogP contribution in [0.3, 0.4) is 0 Å². The largest absolute Gasteiger partial charge is 0.388 e. The Balaban J connectivity index is 2.05.